The molecule has 184 valence electrons. The monoisotopic (exact) mass is 485 g/mol. The van der Waals surface area contributed by atoms with E-state index in [1.807, 2.05) is 43.3 Å². The van der Waals surface area contributed by atoms with Crippen LogP contribution in [0.3, 0.4) is 0 Å². The van der Waals surface area contributed by atoms with Gasteiger partial charge in [-0.2, -0.15) is 0 Å². The number of amides is 2. The zero-order chi connectivity index (χ0) is 26.0. The van der Waals surface area contributed by atoms with Gasteiger partial charge in [-0.25, -0.2) is 0 Å². The van der Waals surface area contributed by atoms with Gasteiger partial charge in [0.15, 0.2) is 0 Å². The number of nitrogens with zero attached hydrogens (tertiary/aromatic N) is 2. The third kappa shape index (κ3) is 4.65. The van der Waals surface area contributed by atoms with Crippen LogP contribution in [0.5, 0.6) is 5.75 Å². The average Bonchev–Trinajstić information content (AvgIpc) is 3.14. The molecule has 1 aliphatic heterocycles. The van der Waals surface area contributed by atoms with Crippen molar-refractivity contribution in [2.45, 2.75) is 13.0 Å². The van der Waals surface area contributed by atoms with Crippen LogP contribution in [0.25, 0.3) is 5.76 Å². The minimum atomic E-state index is -0.852. The number of carbonyl (C=O) groups is 3. The first-order chi connectivity index (χ1) is 17.2. The highest BCUT2D eigenvalue weighted by Gasteiger charge is 2.47. The number of ketones is 1. The Morgan fingerprint density at radius 3 is 2.08 bits per heavy atom. The van der Waals surface area contributed by atoms with E-state index in [2.05, 4.69) is 5.32 Å². The molecule has 36 heavy (non-hydrogen) atoms. The van der Waals surface area contributed by atoms with Crippen molar-refractivity contribution in [3.63, 3.8) is 0 Å². The van der Waals surface area contributed by atoms with Crippen LogP contribution in [0.2, 0.25) is 0 Å². The molecular weight excluding hydrogens is 458 g/mol. The lowest BCUT2D eigenvalue weighted by atomic mass is 9.95. The van der Waals surface area contributed by atoms with E-state index in [9.17, 15) is 19.5 Å². The molecule has 1 saturated heterocycles. The largest absolute Gasteiger partial charge is 0.507 e. The van der Waals surface area contributed by atoms with Crippen molar-refractivity contribution in [2.24, 2.45) is 0 Å². The molecule has 0 aliphatic carbocycles. The molecule has 4 rings (SSSR count). The van der Waals surface area contributed by atoms with Crippen molar-refractivity contribution in [3.8, 4) is 5.75 Å². The summed E-state index contributed by atoms with van der Waals surface area (Å²) in [6.45, 7) is 1.41. The van der Waals surface area contributed by atoms with Crippen LogP contribution in [0.1, 0.15) is 24.1 Å². The number of methoxy groups -OCH3 is 1. The van der Waals surface area contributed by atoms with Gasteiger partial charge >= 0.3 is 0 Å². The topological polar surface area (TPSA) is 99.2 Å². The van der Waals surface area contributed by atoms with E-state index in [1.54, 1.807) is 48.5 Å². The molecule has 8 nitrogen and oxygen atoms in total. The third-order valence-electron chi connectivity index (χ3n) is 6.00. The smallest absolute Gasteiger partial charge is 0.300 e. The number of nitrogens with one attached hydrogen (secondary N) is 1. The summed E-state index contributed by atoms with van der Waals surface area (Å²) in [5.74, 6) is -1.42. The fraction of sp³-hybridized carbons (Fsp3) is 0.179. The lowest BCUT2D eigenvalue weighted by Crippen LogP contribution is -2.29. The van der Waals surface area contributed by atoms with Gasteiger partial charge < -0.3 is 20.1 Å². The summed E-state index contributed by atoms with van der Waals surface area (Å²) in [7, 11) is 5.37. The number of Topliss-reactive ketones (excluding diaryl/α,β-unsaturated/α-hetero) is 1. The molecule has 1 unspecified atom stereocenters. The molecule has 1 aliphatic rings. The van der Waals surface area contributed by atoms with Gasteiger partial charge in [0, 0.05) is 43.6 Å². The Morgan fingerprint density at radius 2 is 1.56 bits per heavy atom. The number of benzene rings is 3. The summed E-state index contributed by atoms with van der Waals surface area (Å²) in [6, 6.07) is 19.9. The summed E-state index contributed by atoms with van der Waals surface area (Å²) >= 11 is 0. The summed E-state index contributed by atoms with van der Waals surface area (Å²) < 4.78 is 5.18. The first-order valence-electron chi connectivity index (χ1n) is 11.3. The highest BCUT2D eigenvalue weighted by Crippen LogP contribution is 2.42. The number of hydrogen-bond acceptors (Lipinski definition) is 6. The Hall–Kier alpha value is -4.59. The molecule has 3 aromatic carbocycles. The lowest BCUT2D eigenvalue weighted by Gasteiger charge is -2.26. The number of aliphatic hydroxyl groups excluding tert-OH is 1. The number of ether oxygens (including phenoxy) is 1. The molecule has 1 fully saturated rings. The molecule has 0 saturated carbocycles. The average molecular weight is 486 g/mol. The highest BCUT2D eigenvalue weighted by atomic mass is 16.5. The van der Waals surface area contributed by atoms with E-state index in [-0.39, 0.29) is 17.2 Å². The van der Waals surface area contributed by atoms with Crippen molar-refractivity contribution in [1.82, 2.24) is 0 Å². The zero-order valence-corrected chi connectivity index (χ0v) is 20.5. The second kappa shape index (κ2) is 9.95. The van der Waals surface area contributed by atoms with Crippen molar-refractivity contribution in [3.05, 3.63) is 89.5 Å². The predicted molar refractivity (Wildman–Crippen MR) is 139 cm³/mol. The molecule has 0 bridgehead atoms. The van der Waals surface area contributed by atoms with Gasteiger partial charge in [0.1, 0.15) is 11.5 Å². The fourth-order valence-electron chi connectivity index (χ4n) is 4.18. The maximum atomic E-state index is 13.3. The van der Waals surface area contributed by atoms with Gasteiger partial charge in [-0.1, -0.05) is 12.1 Å². The third-order valence-corrected chi connectivity index (χ3v) is 6.00. The van der Waals surface area contributed by atoms with Gasteiger partial charge in [0.25, 0.3) is 11.7 Å². The van der Waals surface area contributed by atoms with Crippen molar-refractivity contribution < 1.29 is 24.2 Å². The SMILES string of the molecule is COc1ccc(/C(O)=C2/C(=O)C(=O)N(c3ccc(NC(C)=O)cc3)C2c2ccc(N(C)C)cc2)cc1. The second-order valence-corrected chi connectivity index (χ2v) is 8.61. The zero-order valence-electron chi connectivity index (χ0n) is 20.5. The van der Waals surface area contributed by atoms with Crippen LogP contribution in [-0.4, -0.2) is 43.9 Å². The fourth-order valence-corrected chi connectivity index (χ4v) is 4.18. The highest BCUT2D eigenvalue weighted by molar-refractivity contribution is 6.51. The van der Waals surface area contributed by atoms with Crippen molar-refractivity contribution >= 4 is 40.4 Å². The Morgan fingerprint density at radius 1 is 0.944 bits per heavy atom. The van der Waals surface area contributed by atoms with Crippen LogP contribution in [0.4, 0.5) is 17.1 Å². The van der Waals surface area contributed by atoms with E-state index in [1.165, 1.54) is 18.9 Å². The van der Waals surface area contributed by atoms with Crippen molar-refractivity contribution in [2.75, 3.05) is 36.3 Å². The van der Waals surface area contributed by atoms with Gasteiger partial charge in [-0.15, -0.1) is 0 Å². The summed E-state index contributed by atoms with van der Waals surface area (Å²) in [4.78, 5) is 41.3. The van der Waals surface area contributed by atoms with Crippen LogP contribution in [0.15, 0.2) is 78.4 Å². The van der Waals surface area contributed by atoms with Crippen LogP contribution >= 0.6 is 0 Å². The van der Waals surface area contributed by atoms with Crippen molar-refractivity contribution in [1.29, 1.82) is 0 Å². The Labute approximate surface area is 209 Å². The molecule has 2 N–H and O–H groups in total. The van der Waals surface area contributed by atoms with Gasteiger partial charge in [-0.05, 0) is 66.2 Å². The number of hydrogen-bond donors (Lipinski definition) is 2. The Bertz CT molecular complexity index is 1330. The van der Waals surface area contributed by atoms with E-state index in [4.69, 9.17) is 4.74 Å². The second-order valence-electron chi connectivity index (χ2n) is 8.61. The molecular formula is C28H27N3O5. The van der Waals surface area contributed by atoms with E-state index in [0.29, 0.717) is 28.3 Å². The molecule has 8 heteroatoms. The van der Waals surface area contributed by atoms with Gasteiger partial charge in [-0.3, -0.25) is 19.3 Å². The maximum Gasteiger partial charge on any atom is 0.300 e. The summed E-state index contributed by atoms with van der Waals surface area (Å²) in [5.41, 5.74) is 3.03. The first-order valence-corrected chi connectivity index (χ1v) is 11.3. The minimum Gasteiger partial charge on any atom is -0.507 e. The van der Waals surface area contributed by atoms with Gasteiger partial charge in [0.2, 0.25) is 5.91 Å². The molecule has 3 aromatic rings. The molecule has 1 atom stereocenters. The Kier molecular flexibility index (Phi) is 6.78. The van der Waals surface area contributed by atoms with E-state index < -0.39 is 17.7 Å². The lowest BCUT2D eigenvalue weighted by molar-refractivity contribution is -0.132. The van der Waals surface area contributed by atoms with E-state index in [0.717, 1.165) is 5.69 Å². The number of rotatable bonds is 6. The minimum absolute atomic E-state index is 0.00583. The predicted octanol–water partition coefficient (Wildman–Crippen LogP) is 4.35. The molecule has 0 aromatic heterocycles. The maximum absolute atomic E-state index is 13.3. The number of anilines is 3. The van der Waals surface area contributed by atoms with Gasteiger partial charge in [0.05, 0.1) is 18.7 Å². The van der Waals surface area contributed by atoms with Crippen LogP contribution < -0.4 is 19.9 Å². The Balaban J connectivity index is 1.86. The first kappa shape index (κ1) is 24.5. The number of aliphatic hydroxyl groups is 1. The molecule has 1 heterocycles. The normalized spacial score (nSPS) is 16.7. The summed E-state index contributed by atoms with van der Waals surface area (Å²) in [5, 5.41) is 13.9. The summed E-state index contributed by atoms with van der Waals surface area (Å²) in [6.07, 6.45) is 0. The number of carbonyl (C=O) groups excluding carboxylic acids is 3. The molecule has 2 amide bonds. The quantitative estimate of drug-likeness (QED) is 0.306. The molecule has 0 spiro atoms. The van der Waals surface area contributed by atoms with Crippen LogP contribution in [0, 0.1) is 0 Å². The molecule has 0 radical (unpaired) electrons. The van der Waals surface area contributed by atoms with E-state index >= 15 is 0 Å². The standard InChI is InChI=1S/C28H27N3O5/c1-17(32)29-20-9-13-22(14-10-20)31-25(18-5-11-21(12-6-18)30(2)3)24(27(34)28(31)35)26(33)19-7-15-23(36-4)16-8-19/h5-16,25,33H,1-4H3,(H,29,32)/b26-24-. The van der Waals surface area contributed by atoms with Crippen LogP contribution in [-0.2, 0) is 14.4 Å².